The minimum absolute atomic E-state index is 0.202. The summed E-state index contributed by atoms with van der Waals surface area (Å²) in [7, 11) is -1.92. The zero-order chi connectivity index (χ0) is 11.3. The number of nitrogen functional groups attached to an aromatic ring is 1. The zero-order valence-electron chi connectivity index (χ0n) is 8.43. The van der Waals surface area contributed by atoms with E-state index in [-0.39, 0.29) is 11.4 Å². The van der Waals surface area contributed by atoms with Gasteiger partial charge in [0, 0.05) is 19.3 Å². The van der Waals surface area contributed by atoms with Crippen LogP contribution in [0.5, 0.6) is 0 Å². The third kappa shape index (κ3) is 3.50. The predicted octanol–water partition coefficient (Wildman–Crippen LogP) is 0.193. The number of hydrogen-bond donors (Lipinski definition) is 2. The SMILES string of the molecule is COCCNS(=O)(=O)c1ccc(N)cc1. The van der Waals surface area contributed by atoms with E-state index in [9.17, 15) is 8.42 Å². The van der Waals surface area contributed by atoms with Crippen molar-refractivity contribution in [3.63, 3.8) is 0 Å². The molecule has 0 aliphatic rings. The summed E-state index contributed by atoms with van der Waals surface area (Å²) in [5.74, 6) is 0. The van der Waals surface area contributed by atoms with Gasteiger partial charge in [-0.2, -0.15) is 0 Å². The van der Waals surface area contributed by atoms with E-state index in [4.69, 9.17) is 10.5 Å². The summed E-state index contributed by atoms with van der Waals surface area (Å²) in [5, 5.41) is 0. The van der Waals surface area contributed by atoms with Crippen molar-refractivity contribution in [2.75, 3.05) is 26.0 Å². The largest absolute Gasteiger partial charge is 0.399 e. The number of nitrogens with two attached hydrogens (primary N) is 1. The Balaban J connectivity index is 2.73. The second-order valence-electron chi connectivity index (χ2n) is 2.96. The highest BCUT2D eigenvalue weighted by molar-refractivity contribution is 7.89. The third-order valence-corrected chi connectivity index (χ3v) is 3.27. The van der Waals surface area contributed by atoms with Crippen LogP contribution in [-0.2, 0) is 14.8 Å². The first kappa shape index (κ1) is 12.0. The molecule has 0 saturated carbocycles. The molecule has 0 aliphatic heterocycles. The topological polar surface area (TPSA) is 81.4 Å². The maximum atomic E-state index is 11.6. The molecule has 1 aromatic rings. The lowest BCUT2D eigenvalue weighted by Crippen LogP contribution is -2.27. The number of benzene rings is 1. The van der Waals surface area contributed by atoms with Gasteiger partial charge in [-0.15, -0.1) is 0 Å². The van der Waals surface area contributed by atoms with Gasteiger partial charge in [0.05, 0.1) is 11.5 Å². The number of anilines is 1. The Hall–Kier alpha value is -1.11. The van der Waals surface area contributed by atoms with E-state index in [1.165, 1.54) is 19.2 Å². The van der Waals surface area contributed by atoms with E-state index in [1.54, 1.807) is 12.1 Å². The van der Waals surface area contributed by atoms with Gasteiger partial charge in [0.2, 0.25) is 10.0 Å². The Labute approximate surface area is 89.3 Å². The molecule has 0 atom stereocenters. The Morgan fingerprint density at radius 1 is 1.33 bits per heavy atom. The molecule has 0 amide bonds. The van der Waals surface area contributed by atoms with Crippen LogP contribution in [0.4, 0.5) is 5.69 Å². The van der Waals surface area contributed by atoms with Crippen molar-refractivity contribution in [1.82, 2.24) is 4.72 Å². The van der Waals surface area contributed by atoms with Crippen molar-refractivity contribution < 1.29 is 13.2 Å². The first-order valence-electron chi connectivity index (χ1n) is 4.40. The van der Waals surface area contributed by atoms with Crippen LogP contribution in [0, 0.1) is 0 Å². The quantitative estimate of drug-likeness (QED) is 0.559. The molecule has 0 saturated heterocycles. The van der Waals surface area contributed by atoms with Gasteiger partial charge in [0.25, 0.3) is 0 Å². The molecule has 1 rings (SSSR count). The summed E-state index contributed by atoms with van der Waals surface area (Å²) in [5.41, 5.74) is 5.99. The van der Waals surface area contributed by atoms with E-state index in [2.05, 4.69) is 4.72 Å². The van der Waals surface area contributed by atoms with Crippen LogP contribution in [0.3, 0.4) is 0 Å². The lowest BCUT2D eigenvalue weighted by Gasteiger charge is -2.06. The fraction of sp³-hybridized carbons (Fsp3) is 0.333. The van der Waals surface area contributed by atoms with Gasteiger partial charge in [0.1, 0.15) is 0 Å². The molecule has 0 heterocycles. The van der Waals surface area contributed by atoms with Crippen molar-refractivity contribution in [2.24, 2.45) is 0 Å². The monoisotopic (exact) mass is 230 g/mol. The first-order valence-corrected chi connectivity index (χ1v) is 5.89. The minimum Gasteiger partial charge on any atom is -0.399 e. The van der Waals surface area contributed by atoms with E-state index < -0.39 is 10.0 Å². The third-order valence-electron chi connectivity index (χ3n) is 1.79. The van der Waals surface area contributed by atoms with Crippen LogP contribution in [0.15, 0.2) is 29.2 Å². The normalized spacial score (nSPS) is 11.5. The summed E-state index contributed by atoms with van der Waals surface area (Å²) >= 11 is 0. The Morgan fingerprint density at radius 3 is 2.47 bits per heavy atom. The second-order valence-corrected chi connectivity index (χ2v) is 4.73. The highest BCUT2D eigenvalue weighted by Gasteiger charge is 2.12. The highest BCUT2D eigenvalue weighted by atomic mass is 32.2. The fourth-order valence-electron chi connectivity index (χ4n) is 1.01. The highest BCUT2D eigenvalue weighted by Crippen LogP contribution is 2.10. The van der Waals surface area contributed by atoms with Gasteiger partial charge < -0.3 is 10.5 Å². The lowest BCUT2D eigenvalue weighted by atomic mass is 10.3. The van der Waals surface area contributed by atoms with Crippen molar-refractivity contribution in [3.8, 4) is 0 Å². The number of methoxy groups -OCH3 is 1. The molecular formula is C9H14N2O3S. The van der Waals surface area contributed by atoms with Crippen LogP contribution in [-0.4, -0.2) is 28.7 Å². The van der Waals surface area contributed by atoms with Crippen LogP contribution in [0.1, 0.15) is 0 Å². The number of rotatable bonds is 5. The number of nitrogens with one attached hydrogen (secondary N) is 1. The van der Waals surface area contributed by atoms with Crippen LogP contribution >= 0.6 is 0 Å². The average molecular weight is 230 g/mol. The molecule has 0 aliphatic carbocycles. The molecule has 0 aromatic heterocycles. The van der Waals surface area contributed by atoms with Gasteiger partial charge in [-0.3, -0.25) is 0 Å². The molecule has 0 bridgehead atoms. The minimum atomic E-state index is -3.43. The first-order chi connectivity index (χ1) is 7.06. The summed E-state index contributed by atoms with van der Waals surface area (Å²) < 4.78 is 30.4. The fourth-order valence-corrected chi connectivity index (χ4v) is 2.02. The van der Waals surface area contributed by atoms with Crippen LogP contribution in [0.25, 0.3) is 0 Å². The number of ether oxygens (including phenoxy) is 1. The van der Waals surface area contributed by atoms with E-state index >= 15 is 0 Å². The Bertz CT molecular complexity index is 400. The molecule has 3 N–H and O–H groups in total. The predicted molar refractivity (Wildman–Crippen MR) is 57.9 cm³/mol. The summed E-state index contributed by atoms with van der Waals surface area (Å²) in [6, 6.07) is 6.02. The Kier molecular flexibility index (Phi) is 4.07. The molecular weight excluding hydrogens is 216 g/mol. The van der Waals surface area contributed by atoms with E-state index in [1.807, 2.05) is 0 Å². The molecule has 84 valence electrons. The van der Waals surface area contributed by atoms with Crippen LogP contribution in [0.2, 0.25) is 0 Å². The molecule has 1 aromatic carbocycles. The van der Waals surface area contributed by atoms with Gasteiger partial charge in [-0.25, -0.2) is 13.1 Å². The summed E-state index contributed by atoms with van der Waals surface area (Å²) in [6.45, 7) is 0.595. The number of hydrogen-bond acceptors (Lipinski definition) is 4. The van der Waals surface area contributed by atoms with Gasteiger partial charge in [-0.1, -0.05) is 0 Å². The van der Waals surface area contributed by atoms with Gasteiger partial charge in [0.15, 0.2) is 0 Å². The average Bonchev–Trinajstić information content (AvgIpc) is 2.18. The molecule has 5 nitrogen and oxygen atoms in total. The maximum Gasteiger partial charge on any atom is 0.240 e. The van der Waals surface area contributed by atoms with Gasteiger partial charge >= 0.3 is 0 Å². The molecule has 6 heteroatoms. The van der Waals surface area contributed by atoms with Crippen molar-refractivity contribution in [2.45, 2.75) is 4.90 Å². The van der Waals surface area contributed by atoms with Crippen molar-refractivity contribution in [1.29, 1.82) is 0 Å². The molecule has 0 spiro atoms. The van der Waals surface area contributed by atoms with Crippen molar-refractivity contribution in [3.05, 3.63) is 24.3 Å². The molecule has 15 heavy (non-hydrogen) atoms. The molecule has 0 fully saturated rings. The van der Waals surface area contributed by atoms with E-state index in [0.29, 0.717) is 12.3 Å². The maximum absolute atomic E-state index is 11.6. The van der Waals surface area contributed by atoms with Gasteiger partial charge in [-0.05, 0) is 24.3 Å². The molecule has 0 radical (unpaired) electrons. The molecule has 0 unspecified atom stereocenters. The summed E-state index contributed by atoms with van der Waals surface area (Å²) in [6.07, 6.45) is 0. The zero-order valence-corrected chi connectivity index (χ0v) is 9.25. The lowest BCUT2D eigenvalue weighted by molar-refractivity contribution is 0.204. The van der Waals surface area contributed by atoms with Crippen LogP contribution < -0.4 is 10.5 Å². The van der Waals surface area contributed by atoms with Crippen molar-refractivity contribution >= 4 is 15.7 Å². The smallest absolute Gasteiger partial charge is 0.240 e. The second kappa shape index (κ2) is 5.11. The Morgan fingerprint density at radius 2 is 1.93 bits per heavy atom. The van der Waals surface area contributed by atoms with E-state index in [0.717, 1.165) is 0 Å². The number of sulfonamides is 1. The standard InChI is InChI=1S/C9H14N2O3S/c1-14-7-6-11-15(12,13)9-4-2-8(10)3-5-9/h2-5,11H,6-7,10H2,1H3. The summed E-state index contributed by atoms with van der Waals surface area (Å²) in [4.78, 5) is 0.202.